The van der Waals surface area contributed by atoms with E-state index in [1.807, 2.05) is 0 Å². The molecule has 108 valence electrons. The van der Waals surface area contributed by atoms with Crippen LogP contribution >= 0.6 is 15.9 Å². The maximum absolute atomic E-state index is 13.0. The molecule has 0 bridgehead atoms. The van der Waals surface area contributed by atoms with E-state index in [0.717, 1.165) is 6.07 Å². The molecule has 1 aromatic rings. The van der Waals surface area contributed by atoms with E-state index < -0.39 is 39.5 Å². The molecule has 0 aliphatic rings. The minimum Gasteiger partial charge on any atom is -0.209 e. The van der Waals surface area contributed by atoms with Crippen molar-refractivity contribution in [3.8, 4) is 0 Å². The molecular weight excluding hydrogens is 354 g/mol. The van der Waals surface area contributed by atoms with E-state index in [2.05, 4.69) is 15.9 Å². The molecule has 0 unspecified atom stereocenters. The Morgan fingerprint density at radius 1 is 1.21 bits per heavy atom. The fourth-order valence-electron chi connectivity index (χ4n) is 1.34. The number of rotatable bonds is 6. The van der Waals surface area contributed by atoms with Crippen molar-refractivity contribution in [1.82, 2.24) is 4.31 Å². The highest BCUT2D eigenvalue weighted by Gasteiger charge is 2.27. The van der Waals surface area contributed by atoms with E-state index in [4.69, 9.17) is 0 Å². The smallest absolute Gasteiger partial charge is 0.209 e. The van der Waals surface area contributed by atoms with Gasteiger partial charge in [-0.05, 0) is 18.2 Å². The lowest BCUT2D eigenvalue weighted by atomic mass is 10.3. The number of halogens is 5. The summed E-state index contributed by atoms with van der Waals surface area (Å²) in [5.74, 6) is -2.56. The van der Waals surface area contributed by atoms with E-state index in [1.54, 1.807) is 0 Å². The molecule has 0 N–H and O–H groups in total. The Labute approximate surface area is 116 Å². The third-order valence-electron chi connectivity index (χ3n) is 2.20. The van der Waals surface area contributed by atoms with Crippen LogP contribution in [0.5, 0.6) is 0 Å². The molecule has 1 rings (SSSR count). The van der Waals surface area contributed by atoms with Crippen molar-refractivity contribution in [1.29, 1.82) is 0 Å². The van der Waals surface area contributed by atoms with Gasteiger partial charge in [0.05, 0.1) is 11.4 Å². The molecule has 9 heteroatoms. The lowest BCUT2D eigenvalue weighted by Gasteiger charge is -2.20. The van der Waals surface area contributed by atoms with Gasteiger partial charge >= 0.3 is 0 Å². The molecule has 0 heterocycles. The second-order valence-electron chi connectivity index (χ2n) is 3.52. The van der Waals surface area contributed by atoms with Crippen LogP contribution in [0.3, 0.4) is 0 Å². The Morgan fingerprint density at radius 2 is 1.84 bits per heavy atom. The maximum Gasteiger partial charge on any atom is 0.252 e. The van der Waals surface area contributed by atoms with Crippen molar-refractivity contribution < 1.29 is 26.0 Å². The molecule has 0 fully saturated rings. The second-order valence-corrected chi connectivity index (χ2v) is 6.25. The lowest BCUT2D eigenvalue weighted by Crippen LogP contribution is -2.36. The van der Waals surface area contributed by atoms with Crippen LogP contribution in [0.4, 0.5) is 17.6 Å². The molecule has 0 aliphatic heterocycles. The standard InChI is InChI=1S/C10H10BrF4NO2S/c11-3-4-16(6-10(14)15)19(17,18)7-1-2-8(12)9(13)5-7/h1-2,5,10H,3-4,6H2. The quantitative estimate of drug-likeness (QED) is 0.575. The molecule has 0 saturated heterocycles. The largest absolute Gasteiger partial charge is 0.252 e. The average Bonchev–Trinajstić information content (AvgIpc) is 2.31. The highest BCUT2D eigenvalue weighted by atomic mass is 79.9. The van der Waals surface area contributed by atoms with Gasteiger partial charge in [0.15, 0.2) is 11.6 Å². The maximum atomic E-state index is 13.0. The van der Waals surface area contributed by atoms with Gasteiger partial charge in [0.1, 0.15) is 0 Å². The van der Waals surface area contributed by atoms with Crippen LogP contribution in [0.25, 0.3) is 0 Å². The van der Waals surface area contributed by atoms with Gasteiger partial charge in [0.2, 0.25) is 10.0 Å². The van der Waals surface area contributed by atoms with Crippen LogP contribution in [-0.4, -0.2) is 37.6 Å². The second kappa shape index (κ2) is 6.67. The van der Waals surface area contributed by atoms with E-state index in [1.165, 1.54) is 0 Å². The number of sulfonamides is 1. The van der Waals surface area contributed by atoms with Gasteiger partial charge in [-0.1, -0.05) is 15.9 Å². The molecular formula is C10H10BrF4NO2S. The van der Waals surface area contributed by atoms with Crippen molar-refractivity contribution in [3.63, 3.8) is 0 Å². The molecule has 0 aliphatic carbocycles. The van der Waals surface area contributed by atoms with Gasteiger partial charge in [0.25, 0.3) is 6.43 Å². The molecule has 0 radical (unpaired) electrons. The predicted octanol–water partition coefficient (Wildman–Crippen LogP) is 2.62. The summed E-state index contributed by atoms with van der Waals surface area (Å²) in [7, 11) is -4.28. The van der Waals surface area contributed by atoms with Crippen molar-refractivity contribution in [2.24, 2.45) is 0 Å². The van der Waals surface area contributed by atoms with Gasteiger partial charge in [-0.25, -0.2) is 26.0 Å². The number of hydrogen-bond acceptors (Lipinski definition) is 2. The molecule has 0 spiro atoms. The van der Waals surface area contributed by atoms with Gasteiger partial charge in [0, 0.05) is 11.9 Å². The molecule has 0 atom stereocenters. The Balaban J connectivity index is 3.14. The third-order valence-corrected chi connectivity index (χ3v) is 4.42. The zero-order valence-corrected chi connectivity index (χ0v) is 11.9. The minimum atomic E-state index is -4.28. The molecule has 0 aromatic heterocycles. The van der Waals surface area contributed by atoms with E-state index in [0.29, 0.717) is 16.4 Å². The first-order chi connectivity index (χ1) is 8.78. The Kier molecular flexibility index (Phi) is 5.75. The summed E-state index contributed by atoms with van der Waals surface area (Å²) in [6.45, 7) is -1.21. The first kappa shape index (κ1) is 16.4. The van der Waals surface area contributed by atoms with Crippen LogP contribution in [-0.2, 0) is 10.0 Å². The Morgan fingerprint density at radius 3 is 2.32 bits per heavy atom. The Bertz CT molecular complexity index is 538. The van der Waals surface area contributed by atoms with Crippen LogP contribution in [0, 0.1) is 11.6 Å². The fraction of sp³-hybridized carbons (Fsp3) is 0.400. The number of benzene rings is 1. The average molecular weight is 364 g/mol. The summed E-state index contributed by atoms with van der Waals surface area (Å²) >= 11 is 2.95. The summed E-state index contributed by atoms with van der Waals surface area (Å²) in [6, 6.07) is 1.94. The molecule has 0 saturated carbocycles. The van der Waals surface area contributed by atoms with Crippen LogP contribution < -0.4 is 0 Å². The van der Waals surface area contributed by atoms with E-state index in [-0.39, 0.29) is 11.9 Å². The predicted molar refractivity (Wildman–Crippen MR) is 64.9 cm³/mol. The summed E-state index contributed by atoms with van der Waals surface area (Å²) in [5, 5.41) is 0.141. The third kappa shape index (κ3) is 4.15. The summed E-state index contributed by atoms with van der Waals surface area (Å²) in [6.07, 6.45) is -2.86. The number of nitrogens with zero attached hydrogens (tertiary/aromatic N) is 1. The van der Waals surface area contributed by atoms with Gasteiger partial charge in [-0.3, -0.25) is 0 Å². The van der Waals surface area contributed by atoms with Crippen LogP contribution in [0.1, 0.15) is 0 Å². The topological polar surface area (TPSA) is 37.4 Å². The van der Waals surface area contributed by atoms with E-state index in [9.17, 15) is 26.0 Å². The SMILES string of the molecule is O=S(=O)(c1ccc(F)c(F)c1)N(CCBr)CC(F)F. The van der Waals surface area contributed by atoms with Gasteiger partial charge in [-0.15, -0.1) is 0 Å². The zero-order chi connectivity index (χ0) is 14.6. The Hall–Kier alpha value is -0.670. The monoisotopic (exact) mass is 363 g/mol. The van der Waals surface area contributed by atoms with E-state index >= 15 is 0 Å². The summed E-state index contributed by atoms with van der Waals surface area (Å²) in [4.78, 5) is -0.562. The molecule has 1 aromatic carbocycles. The molecule has 0 amide bonds. The zero-order valence-electron chi connectivity index (χ0n) is 9.49. The number of hydrogen-bond donors (Lipinski definition) is 0. The molecule has 3 nitrogen and oxygen atoms in total. The first-order valence-corrected chi connectivity index (χ1v) is 7.64. The van der Waals surface area contributed by atoms with Gasteiger partial charge in [-0.2, -0.15) is 4.31 Å². The minimum absolute atomic E-state index is 0.141. The number of alkyl halides is 3. The van der Waals surface area contributed by atoms with Crippen LogP contribution in [0.2, 0.25) is 0 Å². The highest BCUT2D eigenvalue weighted by Crippen LogP contribution is 2.19. The van der Waals surface area contributed by atoms with Crippen LogP contribution in [0.15, 0.2) is 23.1 Å². The van der Waals surface area contributed by atoms with Crippen molar-refractivity contribution in [2.75, 3.05) is 18.4 Å². The summed E-state index contributed by atoms with van der Waals surface area (Å²) < 4.78 is 74.9. The fourth-order valence-corrected chi connectivity index (χ4v) is 3.44. The highest BCUT2D eigenvalue weighted by molar-refractivity contribution is 9.09. The first-order valence-electron chi connectivity index (χ1n) is 5.08. The molecule has 19 heavy (non-hydrogen) atoms. The normalized spacial score (nSPS) is 12.4. The van der Waals surface area contributed by atoms with Gasteiger partial charge < -0.3 is 0 Å². The summed E-state index contributed by atoms with van der Waals surface area (Å²) in [5.41, 5.74) is 0. The van der Waals surface area contributed by atoms with Crippen molar-refractivity contribution in [2.45, 2.75) is 11.3 Å². The van der Waals surface area contributed by atoms with Crippen molar-refractivity contribution >= 4 is 26.0 Å². The van der Waals surface area contributed by atoms with Crippen molar-refractivity contribution in [3.05, 3.63) is 29.8 Å². The lowest BCUT2D eigenvalue weighted by molar-refractivity contribution is 0.121.